The van der Waals surface area contributed by atoms with E-state index in [1.807, 2.05) is 12.1 Å². The van der Waals surface area contributed by atoms with E-state index in [9.17, 15) is 10.0 Å². The van der Waals surface area contributed by atoms with Crippen molar-refractivity contribution in [3.63, 3.8) is 0 Å². The van der Waals surface area contributed by atoms with E-state index in [1.165, 1.54) is 11.8 Å². The molecule has 1 saturated heterocycles. The summed E-state index contributed by atoms with van der Waals surface area (Å²) in [7, 11) is 1.55. The highest BCUT2D eigenvalue weighted by Crippen LogP contribution is 2.46. The van der Waals surface area contributed by atoms with E-state index in [2.05, 4.69) is 9.79 Å². The largest absolute Gasteiger partial charge is 0.495 e. The van der Waals surface area contributed by atoms with Gasteiger partial charge >= 0.3 is 0 Å². The van der Waals surface area contributed by atoms with Crippen LogP contribution in [0.15, 0.2) is 47.1 Å². The van der Waals surface area contributed by atoms with Crippen molar-refractivity contribution in [3.05, 3.63) is 64.0 Å². The summed E-state index contributed by atoms with van der Waals surface area (Å²) in [4.78, 5) is 14.8. The van der Waals surface area contributed by atoms with Crippen LogP contribution in [-0.4, -0.2) is 23.9 Å². The van der Waals surface area contributed by atoms with Gasteiger partial charge in [-0.15, -0.1) is 11.8 Å². The van der Waals surface area contributed by atoms with Gasteiger partial charge in [0.1, 0.15) is 11.1 Å². The quantitative estimate of drug-likeness (QED) is 0.601. The predicted octanol–water partition coefficient (Wildman–Crippen LogP) is 3.72. The summed E-state index contributed by atoms with van der Waals surface area (Å²) >= 11 is 7.53. The zero-order chi connectivity index (χ0) is 19.8. The SMILES string of the molecule is COc1ccc(-c2no[n+]([O-])c2C)cc1N1C(=O)CSC1c1ccc(Cl)cc1. The van der Waals surface area contributed by atoms with Crippen molar-refractivity contribution in [1.82, 2.24) is 5.16 Å². The number of hydrogen-bond acceptors (Lipinski definition) is 6. The monoisotopic (exact) mass is 417 g/mol. The number of thioether (sulfide) groups is 1. The van der Waals surface area contributed by atoms with Gasteiger partial charge in [0.15, 0.2) is 0 Å². The molecule has 2 aromatic carbocycles. The molecule has 1 aliphatic heterocycles. The third-order valence-electron chi connectivity index (χ3n) is 4.56. The number of amides is 1. The molecule has 0 spiro atoms. The minimum absolute atomic E-state index is 0.0313. The van der Waals surface area contributed by atoms with Crippen LogP contribution >= 0.6 is 23.4 Å². The molecule has 0 radical (unpaired) electrons. The first kappa shape index (κ1) is 18.6. The van der Waals surface area contributed by atoms with E-state index < -0.39 is 0 Å². The molecule has 7 nitrogen and oxygen atoms in total. The van der Waals surface area contributed by atoms with Crippen LogP contribution < -0.4 is 14.5 Å². The zero-order valence-electron chi connectivity index (χ0n) is 15.1. The predicted molar refractivity (Wildman–Crippen MR) is 106 cm³/mol. The van der Waals surface area contributed by atoms with Gasteiger partial charge < -0.3 is 9.94 Å². The van der Waals surface area contributed by atoms with Crippen LogP contribution in [0, 0.1) is 12.1 Å². The van der Waals surface area contributed by atoms with Crippen molar-refractivity contribution in [1.29, 1.82) is 0 Å². The maximum absolute atomic E-state index is 12.7. The second-order valence-corrected chi connectivity index (χ2v) is 7.73. The molecule has 28 heavy (non-hydrogen) atoms. The smallest absolute Gasteiger partial charge is 0.251 e. The number of halogens is 1. The Kier molecular flexibility index (Phi) is 4.91. The van der Waals surface area contributed by atoms with Crippen molar-refractivity contribution in [2.45, 2.75) is 12.3 Å². The summed E-state index contributed by atoms with van der Waals surface area (Å²) in [5.41, 5.74) is 2.98. The Balaban J connectivity index is 1.81. The lowest BCUT2D eigenvalue weighted by Gasteiger charge is -2.26. The van der Waals surface area contributed by atoms with Gasteiger partial charge in [-0.2, -0.15) is 0 Å². The fourth-order valence-corrected chi connectivity index (χ4v) is 4.43. The number of anilines is 1. The highest BCUT2D eigenvalue weighted by atomic mass is 35.5. The maximum atomic E-state index is 12.7. The molecule has 1 aromatic heterocycles. The lowest BCUT2D eigenvalue weighted by molar-refractivity contribution is -0.806. The van der Waals surface area contributed by atoms with Gasteiger partial charge in [0.05, 0.1) is 18.6 Å². The topological polar surface area (TPSA) is 82.5 Å². The number of nitrogens with zero attached hydrogens (tertiary/aromatic N) is 3. The second-order valence-electron chi connectivity index (χ2n) is 6.23. The minimum atomic E-state index is -0.211. The van der Waals surface area contributed by atoms with Crippen molar-refractivity contribution < 1.29 is 19.1 Å². The van der Waals surface area contributed by atoms with Crippen LogP contribution in [0.5, 0.6) is 5.75 Å². The molecule has 4 rings (SSSR count). The lowest BCUT2D eigenvalue weighted by atomic mass is 10.1. The van der Waals surface area contributed by atoms with Gasteiger partial charge in [-0.05, 0) is 40.8 Å². The third kappa shape index (κ3) is 3.18. The number of methoxy groups -OCH3 is 1. The highest BCUT2D eigenvalue weighted by molar-refractivity contribution is 8.00. The number of aromatic nitrogens is 2. The average Bonchev–Trinajstić information content (AvgIpc) is 3.24. The molecule has 9 heteroatoms. The second kappa shape index (κ2) is 7.37. The fraction of sp³-hybridized carbons (Fsp3) is 0.211. The van der Waals surface area contributed by atoms with Crippen LogP contribution in [0.25, 0.3) is 11.3 Å². The zero-order valence-corrected chi connectivity index (χ0v) is 16.7. The lowest BCUT2D eigenvalue weighted by Crippen LogP contribution is -2.28. The molecule has 2 heterocycles. The average molecular weight is 418 g/mol. The van der Waals surface area contributed by atoms with Gasteiger partial charge in [-0.1, -0.05) is 23.7 Å². The van der Waals surface area contributed by atoms with Crippen molar-refractivity contribution in [2.75, 3.05) is 17.8 Å². The first-order valence-electron chi connectivity index (χ1n) is 8.43. The summed E-state index contributed by atoms with van der Waals surface area (Å²) < 4.78 is 10.2. The van der Waals surface area contributed by atoms with E-state index in [0.29, 0.717) is 44.1 Å². The number of carbonyl (C=O) groups is 1. The van der Waals surface area contributed by atoms with E-state index in [0.717, 1.165) is 5.56 Å². The molecule has 1 amide bonds. The van der Waals surface area contributed by atoms with Crippen LogP contribution in [-0.2, 0) is 4.79 Å². The molecular weight excluding hydrogens is 402 g/mol. The summed E-state index contributed by atoms with van der Waals surface area (Å²) in [6.45, 7) is 1.62. The van der Waals surface area contributed by atoms with E-state index in [4.69, 9.17) is 16.3 Å². The Hall–Kier alpha value is -2.71. The minimum Gasteiger partial charge on any atom is -0.495 e. The Morgan fingerprint density at radius 1 is 1.32 bits per heavy atom. The van der Waals surface area contributed by atoms with Crippen molar-refractivity contribution in [3.8, 4) is 17.0 Å². The molecule has 1 atom stereocenters. The van der Waals surface area contributed by atoms with E-state index in [1.54, 1.807) is 49.3 Å². The molecule has 3 aromatic rings. The molecule has 1 fully saturated rings. The van der Waals surface area contributed by atoms with Crippen LogP contribution in [0.1, 0.15) is 16.6 Å². The Morgan fingerprint density at radius 2 is 2.07 bits per heavy atom. The van der Waals surface area contributed by atoms with Gasteiger partial charge in [-0.3, -0.25) is 14.3 Å². The molecule has 0 saturated carbocycles. The first-order valence-corrected chi connectivity index (χ1v) is 9.86. The highest BCUT2D eigenvalue weighted by Gasteiger charge is 2.36. The van der Waals surface area contributed by atoms with E-state index >= 15 is 0 Å². The first-order chi connectivity index (χ1) is 13.5. The normalized spacial score (nSPS) is 16.6. The number of benzene rings is 2. The van der Waals surface area contributed by atoms with Crippen LogP contribution in [0.4, 0.5) is 5.69 Å². The fourth-order valence-electron chi connectivity index (χ4n) is 3.14. The van der Waals surface area contributed by atoms with Crippen LogP contribution in [0.2, 0.25) is 5.02 Å². The van der Waals surface area contributed by atoms with Gasteiger partial charge in [0.2, 0.25) is 11.6 Å². The number of rotatable bonds is 4. The molecular formula is C19H16ClN3O4S. The number of carbonyl (C=O) groups excluding carboxylic acids is 1. The summed E-state index contributed by atoms with van der Waals surface area (Å²) in [6.07, 6.45) is 0. The standard InChI is InChI=1S/C19H16ClN3O4S/c1-11-18(21-27-23(11)25)13-5-8-16(26-2)15(9-13)22-17(24)10-28-19(22)12-3-6-14(20)7-4-12/h3-9,19H,10H2,1-2H3. The summed E-state index contributed by atoms with van der Waals surface area (Å²) in [6, 6.07) is 12.7. The van der Waals surface area contributed by atoms with Gasteiger partial charge in [0, 0.05) is 22.7 Å². The molecule has 1 aliphatic rings. The number of ether oxygens (including phenoxy) is 1. The van der Waals surface area contributed by atoms with Crippen molar-refractivity contribution >= 4 is 35.0 Å². The summed E-state index contributed by atoms with van der Waals surface area (Å²) in [5, 5.41) is 15.8. The third-order valence-corrected chi connectivity index (χ3v) is 6.02. The van der Waals surface area contributed by atoms with Gasteiger partial charge in [-0.25, -0.2) is 0 Å². The maximum Gasteiger partial charge on any atom is 0.251 e. The Bertz CT molecular complexity index is 1040. The Morgan fingerprint density at radius 3 is 2.71 bits per heavy atom. The molecule has 0 bridgehead atoms. The number of hydrogen-bond donors (Lipinski definition) is 0. The summed E-state index contributed by atoms with van der Waals surface area (Å²) in [5.74, 6) is 0.871. The molecule has 1 unspecified atom stereocenters. The molecule has 0 aliphatic carbocycles. The molecule has 144 valence electrons. The van der Waals surface area contributed by atoms with Gasteiger partial charge in [0.25, 0.3) is 5.69 Å². The van der Waals surface area contributed by atoms with Crippen molar-refractivity contribution in [2.24, 2.45) is 0 Å². The molecule has 0 N–H and O–H groups in total. The van der Waals surface area contributed by atoms with E-state index in [-0.39, 0.29) is 11.3 Å². The van der Waals surface area contributed by atoms with Crippen LogP contribution in [0.3, 0.4) is 0 Å². The Labute approximate surface area is 170 Å².